The third-order valence-electron chi connectivity index (χ3n) is 2.21. The molecule has 1 unspecified atom stereocenters. The molecule has 1 saturated heterocycles. The van der Waals surface area contributed by atoms with Crippen LogP contribution in [0.15, 0.2) is 0 Å². The van der Waals surface area contributed by atoms with Crippen LogP contribution in [0.25, 0.3) is 0 Å². The molecule has 1 rings (SSSR count). The maximum absolute atomic E-state index is 11.4. The monoisotopic (exact) mass is 237 g/mol. The Morgan fingerprint density at radius 1 is 1.53 bits per heavy atom. The maximum atomic E-state index is 11.4. The molecule has 0 aromatic carbocycles. The van der Waals surface area contributed by atoms with Crippen molar-refractivity contribution in [1.29, 1.82) is 0 Å². The summed E-state index contributed by atoms with van der Waals surface area (Å²) in [5.74, 6) is -1.13. The van der Waals surface area contributed by atoms with E-state index < -0.39 is 22.2 Å². The SMILES string of the molecule is NC(CCNS(=O)(=O)N1CCC1)C(=O)O. The zero-order valence-electron chi connectivity index (χ0n) is 8.22. The average Bonchev–Trinajstić information content (AvgIpc) is 1.98. The second kappa shape index (κ2) is 4.88. The Labute approximate surface area is 88.4 Å². The molecule has 0 radical (unpaired) electrons. The molecule has 8 heteroatoms. The minimum atomic E-state index is -3.41. The lowest BCUT2D eigenvalue weighted by Gasteiger charge is -2.29. The molecule has 0 saturated carbocycles. The van der Waals surface area contributed by atoms with Gasteiger partial charge in [-0.1, -0.05) is 0 Å². The van der Waals surface area contributed by atoms with Gasteiger partial charge in [0.05, 0.1) is 0 Å². The minimum Gasteiger partial charge on any atom is -0.480 e. The fourth-order valence-electron chi connectivity index (χ4n) is 1.09. The summed E-state index contributed by atoms with van der Waals surface area (Å²) in [7, 11) is -3.41. The van der Waals surface area contributed by atoms with Crippen LogP contribution in [0.5, 0.6) is 0 Å². The summed E-state index contributed by atoms with van der Waals surface area (Å²) in [5.41, 5.74) is 5.22. The standard InChI is InChI=1S/C7H15N3O4S/c8-6(7(11)12)2-3-9-15(13,14)10-4-1-5-10/h6,9H,1-5,8H2,(H,11,12). The summed E-state index contributed by atoms with van der Waals surface area (Å²) in [6.45, 7) is 1.10. The summed E-state index contributed by atoms with van der Waals surface area (Å²) >= 11 is 0. The van der Waals surface area contributed by atoms with Crippen LogP contribution in [0.3, 0.4) is 0 Å². The van der Waals surface area contributed by atoms with E-state index in [1.165, 1.54) is 4.31 Å². The van der Waals surface area contributed by atoms with Crippen molar-refractivity contribution >= 4 is 16.2 Å². The molecule has 4 N–H and O–H groups in total. The number of rotatable bonds is 6. The summed E-state index contributed by atoms with van der Waals surface area (Å²) in [5, 5.41) is 8.47. The third kappa shape index (κ3) is 3.42. The maximum Gasteiger partial charge on any atom is 0.320 e. The van der Waals surface area contributed by atoms with Gasteiger partial charge in [0.25, 0.3) is 10.2 Å². The smallest absolute Gasteiger partial charge is 0.320 e. The molecule has 0 aromatic heterocycles. The molecule has 1 atom stereocenters. The summed E-state index contributed by atoms with van der Waals surface area (Å²) in [4.78, 5) is 10.3. The van der Waals surface area contributed by atoms with Crippen molar-refractivity contribution in [3.05, 3.63) is 0 Å². The van der Waals surface area contributed by atoms with Gasteiger partial charge in [0.1, 0.15) is 6.04 Å². The molecule has 0 spiro atoms. The molecule has 0 aliphatic carbocycles. The van der Waals surface area contributed by atoms with E-state index in [4.69, 9.17) is 10.8 Å². The zero-order chi connectivity index (χ0) is 11.5. The number of nitrogens with one attached hydrogen (secondary N) is 1. The van der Waals surface area contributed by atoms with Crippen molar-refractivity contribution < 1.29 is 18.3 Å². The van der Waals surface area contributed by atoms with Crippen LogP contribution >= 0.6 is 0 Å². The van der Waals surface area contributed by atoms with Crippen molar-refractivity contribution in [1.82, 2.24) is 9.03 Å². The number of carboxylic acid groups (broad SMARTS) is 1. The van der Waals surface area contributed by atoms with Crippen LogP contribution in [0.4, 0.5) is 0 Å². The molecule has 1 heterocycles. The van der Waals surface area contributed by atoms with Crippen LogP contribution in [-0.2, 0) is 15.0 Å². The third-order valence-corrected chi connectivity index (χ3v) is 3.83. The first-order valence-electron chi connectivity index (χ1n) is 4.66. The van der Waals surface area contributed by atoms with E-state index in [1.54, 1.807) is 0 Å². The zero-order valence-corrected chi connectivity index (χ0v) is 9.03. The number of nitrogens with two attached hydrogens (primary N) is 1. The average molecular weight is 237 g/mol. The molecule has 7 nitrogen and oxygen atoms in total. The highest BCUT2D eigenvalue weighted by Gasteiger charge is 2.27. The van der Waals surface area contributed by atoms with E-state index in [0.717, 1.165) is 6.42 Å². The quantitative estimate of drug-likeness (QED) is 0.511. The first-order chi connectivity index (χ1) is 6.93. The second-order valence-corrected chi connectivity index (χ2v) is 5.14. The van der Waals surface area contributed by atoms with E-state index in [9.17, 15) is 13.2 Å². The van der Waals surface area contributed by atoms with Crippen molar-refractivity contribution in [2.24, 2.45) is 5.73 Å². The molecular weight excluding hydrogens is 222 g/mol. The normalized spacial score (nSPS) is 19.5. The Hall–Kier alpha value is -0.700. The van der Waals surface area contributed by atoms with Gasteiger partial charge in [-0.2, -0.15) is 12.7 Å². The number of aliphatic carboxylic acids is 1. The molecule has 1 aliphatic heterocycles. The molecule has 88 valence electrons. The van der Waals surface area contributed by atoms with Crippen LogP contribution < -0.4 is 10.5 Å². The Morgan fingerprint density at radius 2 is 2.13 bits per heavy atom. The van der Waals surface area contributed by atoms with Gasteiger partial charge < -0.3 is 10.8 Å². The highest BCUT2D eigenvalue weighted by Crippen LogP contribution is 2.10. The predicted octanol–water partition coefficient (Wildman–Crippen LogP) is -1.67. The fraction of sp³-hybridized carbons (Fsp3) is 0.857. The first-order valence-corrected chi connectivity index (χ1v) is 6.10. The van der Waals surface area contributed by atoms with Crippen molar-refractivity contribution in [3.63, 3.8) is 0 Å². The second-order valence-electron chi connectivity index (χ2n) is 3.39. The number of hydrogen-bond acceptors (Lipinski definition) is 4. The topological polar surface area (TPSA) is 113 Å². The van der Waals surface area contributed by atoms with Crippen molar-refractivity contribution in [3.8, 4) is 0 Å². The van der Waals surface area contributed by atoms with Gasteiger partial charge in [0.2, 0.25) is 0 Å². The minimum absolute atomic E-state index is 0.0479. The molecular formula is C7H15N3O4S. The van der Waals surface area contributed by atoms with Gasteiger partial charge in [0, 0.05) is 19.6 Å². The van der Waals surface area contributed by atoms with Crippen molar-refractivity contribution in [2.75, 3.05) is 19.6 Å². The summed E-state index contributed by atoms with van der Waals surface area (Å²) < 4.78 is 26.4. The van der Waals surface area contributed by atoms with Gasteiger partial charge in [0.15, 0.2) is 0 Å². The molecule has 1 fully saturated rings. The number of nitrogens with zero attached hydrogens (tertiary/aromatic N) is 1. The van der Waals surface area contributed by atoms with E-state index in [0.29, 0.717) is 13.1 Å². The summed E-state index contributed by atoms with van der Waals surface area (Å²) in [6.07, 6.45) is 0.956. The highest BCUT2D eigenvalue weighted by molar-refractivity contribution is 7.87. The van der Waals surface area contributed by atoms with Gasteiger partial charge >= 0.3 is 5.97 Å². The summed E-state index contributed by atoms with van der Waals surface area (Å²) in [6, 6.07) is -1.02. The predicted molar refractivity (Wildman–Crippen MR) is 53.3 cm³/mol. The van der Waals surface area contributed by atoms with Gasteiger partial charge in [-0.3, -0.25) is 4.79 Å². The Kier molecular flexibility index (Phi) is 4.03. The van der Waals surface area contributed by atoms with Crippen LogP contribution in [-0.4, -0.2) is 49.5 Å². The molecule has 15 heavy (non-hydrogen) atoms. The molecule has 0 bridgehead atoms. The van der Waals surface area contributed by atoms with Crippen LogP contribution in [0.2, 0.25) is 0 Å². The number of hydrogen-bond donors (Lipinski definition) is 3. The van der Waals surface area contributed by atoms with Gasteiger partial charge in [-0.25, -0.2) is 4.72 Å². The lowest BCUT2D eigenvalue weighted by Crippen LogP contribution is -2.49. The van der Waals surface area contributed by atoms with E-state index in [1.807, 2.05) is 0 Å². The van der Waals surface area contributed by atoms with Gasteiger partial charge in [-0.05, 0) is 12.8 Å². The first kappa shape index (κ1) is 12.4. The van der Waals surface area contributed by atoms with E-state index in [-0.39, 0.29) is 13.0 Å². The number of carboxylic acids is 1. The van der Waals surface area contributed by atoms with E-state index in [2.05, 4.69) is 4.72 Å². The lowest BCUT2D eigenvalue weighted by molar-refractivity contribution is -0.138. The Morgan fingerprint density at radius 3 is 2.53 bits per heavy atom. The Balaban J connectivity index is 2.27. The molecule has 0 aromatic rings. The lowest BCUT2D eigenvalue weighted by atomic mass is 10.2. The highest BCUT2D eigenvalue weighted by atomic mass is 32.2. The van der Waals surface area contributed by atoms with Crippen molar-refractivity contribution in [2.45, 2.75) is 18.9 Å². The molecule has 1 aliphatic rings. The Bertz CT molecular complexity index is 325. The van der Waals surface area contributed by atoms with E-state index >= 15 is 0 Å². The van der Waals surface area contributed by atoms with Crippen LogP contribution in [0.1, 0.15) is 12.8 Å². The van der Waals surface area contributed by atoms with Gasteiger partial charge in [-0.15, -0.1) is 0 Å². The largest absolute Gasteiger partial charge is 0.480 e. The van der Waals surface area contributed by atoms with Crippen LogP contribution in [0, 0.1) is 0 Å². The fourth-order valence-corrected chi connectivity index (χ4v) is 2.38. The molecule has 0 amide bonds. The number of carbonyl (C=O) groups is 1.